The summed E-state index contributed by atoms with van der Waals surface area (Å²) in [4.78, 5) is 38.8. The van der Waals surface area contributed by atoms with Crippen molar-refractivity contribution >= 4 is 40.6 Å². The van der Waals surface area contributed by atoms with E-state index in [2.05, 4.69) is 5.32 Å². The van der Waals surface area contributed by atoms with Crippen LogP contribution >= 0.6 is 11.6 Å². The molecule has 2 aliphatic rings. The Bertz CT molecular complexity index is 953. The summed E-state index contributed by atoms with van der Waals surface area (Å²) < 4.78 is 0. The van der Waals surface area contributed by atoms with E-state index in [1.54, 1.807) is 24.3 Å². The second kappa shape index (κ2) is 7.76. The molecule has 0 saturated heterocycles. The zero-order chi connectivity index (χ0) is 19.7. The predicted molar refractivity (Wildman–Crippen MR) is 109 cm³/mol. The molecule has 4 rings (SSSR count). The molecule has 1 N–H and O–H groups in total. The van der Waals surface area contributed by atoms with Crippen molar-refractivity contribution in [3.05, 3.63) is 58.6 Å². The second-order valence-corrected chi connectivity index (χ2v) is 7.78. The van der Waals surface area contributed by atoms with Gasteiger partial charge in [-0.05, 0) is 49.1 Å². The predicted octanol–water partition coefficient (Wildman–Crippen LogP) is 4.24. The Balaban J connectivity index is 1.36. The van der Waals surface area contributed by atoms with E-state index in [0.717, 1.165) is 30.5 Å². The van der Waals surface area contributed by atoms with Crippen molar-refractivity contribution in [2.45, 2.75) is 32.1 Å². The van der Waals surface area contributed by atoms with E-state index in [-0.39, 0.29) is 36.4 Å². The smallest absolute Gasteiger partial charge is 0.230 e. The van der Waals surface area contributed by atoms with Crippen molar-refractivity contribution in [3.8, 4) is 0 Å². The van der Waals surface area contributed by atoms with Crippen LogP contribution in [-0.4, -0.2) is 24.1 Å². The van der Waals surface area contributed by atoms with E-state index < -0.39 is 0 Å². The fourth-order valence-corrected chi connectivity index (χ4v) is 3.68. The summed E-state index contributed by atoms with van der Waals surface area (Å²) in [5.41, 5.74) is 3.18. The van der Waals surface area contributed by atoms with Crippen LogP contribution < -0.4 is 10.2 Å². The average Bonchev–Trinajstić information content (AvgIpc) is 3.45. The van der Waals surface area contributed by atoms with Crippen LogP contribution in [0.3, 0.4) is 0 Å². The number of nitrogens with zero attached hydrogens (tertiary/aromatic N) is 1. The molecule has 2 aromatic carbocycles. The first-order valence-corrected chi connectivity index (χ1v) is 9.92. The van der Waals surface area contributed by atoms with Gasteiger partial charge >= 0.3 is 0 Å². The monoisotopic (exact) mass is 396 g/mol. The number of carbonyl (C=O) groups is 3. The number of fused-ring (bicyclic) bond motifs is 1. The van der Waals surface area contributed by atoms with Crippen molar-refractivity contribution in [2.75, 3.05) is 16.8 Å². The number of halogens is 1. The van der Waals surface area contributed by atoms with Gasteiger partial charge in [-0.2, -0.15) is 0 Å². The Labute approximate surface area is 168 Å². The third-order valence-corrected chi connectivity index (χ3v) is 5.42. The van der Waals surface area contributed by atoms with Gasteiger partial charge in [-0.25, -0.2) is 0 Å². The average molecular weight is 397 g/mol. The summed E-state index contributed by atoms with van der Waals surface area (Å²) in [5.74, 6) is 0.0113. The van der Waals surface area contributed by atoms with Crippen molar-refractivity contribution in [3.63, 3.8) is 0 Å². The Kier molecular flexibility index (Phi) is 5.18. The van der Waals surface area contributed by atoms with Gasteiger partial charge in [0.1, 0.15) is 0 Å². The molecule has 0 spiro atoms. The summed E-state index contributed by atoms with van der Waals surface area (Å²) in [6.45, 7) is 0.705. The van der Waals surface area contributed by atoms with Gasteiger partial charge in [-0.15, -0.1) is 0 Å². The number of Topliss-reactive ketones (excluding diaryl/α,β-unsaturated/α-hetero) is 1. The van der Waals surface area contributed by atoms with Crippen LogP contribution in [0.1, 0.15) is 41.6 Å². The quantitative estimate of drug-likeness (QED) is 0.742. The fourth-order valence-electron chi connectivity index (χ4n) is 3.49. The van der Waals surface area contributed by atoms with E-state index in [9.17, 15) is 14.4 Å². The maximum atomic E-state index is 12.4. The Morgan fingerprint density at radius 3 is 2.64 bits per heavy atom. The van der Waals surface area contributed by atoms with Gasteiger partial charge in [0.05, 0.1) is 0 Å². The topological polar surface area (TPSA) is 66.5 Å². The number of anilines is 2. The lowest BCUT2D eigenvalue weighted by Gasteiger charge is -2.18. The van der Waals surface area contributed by atoms with Crippen LogP contribution in [-0.2, 0) is 16.0 Å². The molecule has 0 unspecified atom stereocenters. The van der Waals surface area contributed by atoms with Gasteiger partial charge in [-0.3, -0.25) is 14.4 Å². The van der Waals surface area contributed by atoms with E-state index in [4.69, 9.17) is 11.6 Å². The minimum Gasteiger partial charge on any atom is -0.326 e. The number of hydrogen-bond donors (Lipinski definition) is 1. The highest BCUT2D eigenvalue weighted by Crippen LogP contribution is 2.37. The molecule has 2 aromatic rings. The maximum absolute atomic E-state index is 12.4. The van der Waals surface area contributed by atoms with E-state index in [0.29, 0.717) is 22.8 Å². The molecule has 0 aromatic heterocycles. The van der Waals surface area contributed by atoms with Crippen LogP contribution in [0.15, 0.2) is 42.5 Å². The van der Waals surface area contributed by atoms with Gasteiger partial charge in [0.25, 0.3) is 0 Å². The van der Waals surface area contributed by atoms with E-state index in [1.165, 1.54) is 0 Å². The zero-order valence-electron chi connectivity index (χ0n) is 15.4. The summed E-state index contributed by atoms with van der Waals surface area (Å²) >= 11 is 5.90. The molecule has 1 aliphatic heterocycles. The first kappa shape index (κ1) is 18.7. The van der Waals surface area contributed by atoms with Crippen LogP contribution in [0.25, 0.3) is 0 Å². The Morgan fingerprint density at radius 1 is 1.07 bits per heavy atom. The minimum absolute atomic E-state index is 0.0904. The normalized spacial score (nSPS) is 15.2. The fraction of sp³-hybridized carbons (Fsp3) is 0.318. The molecule has 0 atom stereocenters. The largest absolute Gasteiger partial charge is 0.326 e. The lowest BCUT2D eigenvalue weighted by molar-refractivity contribution is -0.119. The van der Waals surface area contributed by atoms with Gasteiger partial charge in [0, 0.05) is 47.3 Å². The summed E-state index contributed by atoms with van der Waals surface area (Å²) in [6, 6.07) is 12.4. The van der Waals surface area contributed by atoms with E-state index in [1.807, 2.05) is 23.1 Å². The summed E-state index contributed by atoms with van der Waals surface area (Å²) in [7, 11) is 0. The molecule has 1 heterocycles. The molecule has 144 valence electrons. The molecular weight excluding hydrogens is 376 g/mol. The second-order valence-electron chi connectivity index (χ2n) is 7.34. The van der Waals surface area contributed by atoms with Crippen molar-refractivity contribution in [1.82, 2.24) is 0 Å². The molecule has 5 nitrogen and oxygen atoms in total. The number of carbonyl (C=O) groups excluding carboxylic acids is 3. The van der Waals surface area contributed by atoms with Crippen molar-refractivity contribution in [2.24, 2.45) is 5.92 Å². The van der Waals surface area contributed by atoms with Gasteiger partial charge < -0.3 is 10.2 Å². The van der Waals surface area contributed by atoms with Crippen LogP contribution in [0.5, 0.6) is 0 Å². The minimum atomic E-state index is -0.228. The SMILES string of the molecule is O=C(CCC(=O)c1cccc(Cl)c1)Nc1ccc2c(c1)N(C(=O)C1CC1)CC2. The number of amides is 2. The number of rotatable bonds is 6. The highest BCUT2D eigenvalue weighted by molar-refractivity contribution is 6.31. The van der Waals surface area contributed by atoms with Gasteiger partial charge in [-0.1, -0.05) is 29.8 Å². The van der Waals surface area contributed by atoms with Crippen molar-refractivity contribution in [1.29, 1.82) is 0 Å². The zero-order valence-corrected chi connectivity index (χ0v) is 16.2. The molecular formula is C22H21ClN2O3. The first-order valence-electron chi connectivity index (χ1n) is 9.54. The number of hydrogen-bond acceptors (Lipinski definition) is 3. The Morgan fingerprint density at radius 2 is 1.89 bits per heavy atom. The van der Waals surface area contributed by atoms with E-state index >= 15 is 0 Å². The third kappa shape index (κ3) is 4.09. The number of nitrogens with one attached hydrogen (secondary N) is 1. The summed E-state index contributed by atoms with van der Waals surface area (Å²) in [5, 5.41) is 3.34. The molecule has 0 radical (unpaired) electrons. The molecule has 6 heteroatoms. The van der Waals surface area contributed by atoms with Crippen LogP contribution in [0.4, 0.5) is 11.4 Å². The van der Waals surface area contributed by atoms with Crippen LogP contribution in [0.2, 0.25) is 5.02 Å². The molecule has 2 amide bonds. The number of benzene rings is 2. The van der Waals surface area contributed by atoms with Crippen molar-refractivity contribution < 1.29 is 14.4 Å². The standard InChI is InChI=1S/C22H21ClN2O3/c23-17-3-1-2-16(12-17)20(26)8-9-21(27)24-18-7-6-14-10-11-25(19(14)13-18)22(28)15-4-5-15/h1-3,6-7,12-13,15H,4-5,8-11H2,(H,24,27). The highest BCUT2D eigenvalue weighted by Gasteiger charge is 2.36. The lowest BCUT2D eigenvalue weighted by atomic mass is 10.1. The Hall–Kier alpha value is -2.66. The molecule has 0 bridgehead atoms. The van der Waals surface area contributed by atoms with Gasteiger partial charge in [0.15, 0.2) is 5.78 Å². The number of ketones is 1. The molecule has 1 saturated carbocycles. The third-order valence-electron chi connectivity index (χ3n) is 5.18. The summed E-state index contributed by atoms with van der Waals surface area (Å²) in [6.07, 6.45) is 3.00. The molecule has 1 aliphatic carbocycles. The maximum Gasteiger partial charge on any atom is 0.230 e. The first-order chi connectivity index (χ1) is 13.5. The van der Waals surface area contributed by atoms with Crippen LogP contribution in [0, 0.1) is 5.92 Å². The molecule has 1 fully saturated rings. The van der Waals surface area contributed by atoms with Gasteiger partial charge in [0.2, 0.25) is 11.8 Å². The molecule has 28 heavy (non-hydrogen) atoms. The highest BCUT2D eigenvalue weighted by atomic mass is 35.5. The lowest BCUT2D eigenvalue weighted by Crippen LogP contribution is -2.30.